The Hall–Kier alpha value is -3.92. The van der Waals surface area contributed by atoms with Gasteiger partial charge in [-0.25, -0.2) is 5.43 Å². The van der Waals surface area contributed by atoms with E-state index in [-0.39, 0.29) is 34.9 Å². The number of hydrazone groups is 1. The third-order valence-electron chi connectivity index (χ3n) is 4.31. The lowest BCUT2D eigenvalue weighted by Gasteiger charge is -2.11. The summed E-state index contributed by atoms with van der Waals surface area (Å²) in [5.74, 6) is -0.645. The molecule has 0 aliphatic carbocycles. The summed E-state index contributed by atoms with van der Waals surface area (Å²) in [5.41, 5.74) is 3.21. The van der Waals surface area contributed by atoms with Crippen molar-refractivity contribution in [3.63, 3.8) is 0 Å². The zero-order chi connectivity index (χ0) is 23.1. The van der Waals surface area contributed by atoms with Crippen LogP contribution in [0.5, 0.6) is 17.2 Å². The van der Waals surface area contributed by atoms with E-state index >= 15 is 0 Å². The lowest BCUT2D eigenvalue weighted by atomic mass is 10.1. The molecule has 1 amide bonds. The Morgan fingerprint density at radius 3 is 2.62 bits per heavy atom. The van der Waals surface area contributed by atoms with Crippen molar-refractivity contribution in [2.24, 2.45) is 5.10 Å². The zero-order valence-corrected chi connectivity index (χ0v) is 18.4. The molecule has 10 heteroatoms. The third-order valence-corrected chi connectivity index (χ3v) is 4.81. The highest BCUT2D eigenvalue weighted by Crippen LogP contribution is 2.33. The second-order valence-electron chi connectivity index (χ2n) is 6.46. The number of benzene rings is 3. The standard InChI is InChI=1S/C22H18BrN3O6/c1-31-20-11-17(26(29)30)9-15(21(20)27)12-24-25-22(28)18-10-16(23)7-8-19(18)32-13-14-5-3-2-4-6-14/h2-12,27H,13H2,1H3,(H,25,28)/b24-12+. The number of ether oxygens (including phenoxy) is 2. The van der Waals surface area contributed by atoms with Crippen LogP contribution in [0.3, 0.4) is 0 Å². The Morgan fingerprint density at radius 1 is 1.19 bits per heavy atom. The summed E-state index contributed by atoms with van der Waals surface area (Å²) in [6.45, 7) is 0.271. The van der Waals surface area contributed by atoms with Gasteiger partial charge in [0.15, 0.2) is 11.5 Å². The van der Waals surface area contributed by atoms with Crippen molar-refractivity contribution in [1.82, 2.24) is 5.43 Å². The molecule has 164 valence electrons. The molecule has 0 radical (unpaired) electrons. The third kappa shape index (κ3) is 5.61. The van der Waals surface area contributed by atoms with Crippen LogP contribution in [0.1, 0.15) is 21.5 Å². The lowest BCUT2D eigenvalue weighted by Crippen LogP contribution is -2.19. The minimum Gasteiger partial charge on any atom is -0.504 e. The van der Waals surface area contributed by atoms with Crippen LogP contribution in [0.25, 0.3) is 0 Å². The van der Waals surface area contributed by atoms with Gasteiger partial charge in [-0.3, -0.25) is 14.9 Å². The molecule has 9 nitrogen and oxygen atoms in total. The molecule has 0 aliphatic rings. The highest BCUT2D eigenvalue weighted by Gasteiger charge is 2.17. The fourth-order valence-corrected chi connectivity index (χ4v) is 3.10. The minimum absolute atomic E-state index is 0.00569. The number of nitro benzene ring substituents is 1. The van der Waals surface area contributed by atoms with Crippen LogP contribution in [-0.2, 0) is 6.61 Å². The van der Waals surface area contributed by atoms with Gasteiger partial charge in [-0.1, -0.05) is 46.3 Å². The molecule has 3 rings (SSSR count). The molecular formula is C22H18BrN3O6. The van der Waals surface area contributed by atoms with Gasteiger partial charge in [0.2, 0.25) is 0 Å². The largest absolute Gasteiger partial charge is 0.504 e. The molecule has 0 unspecified atom stereocenters. The summed E-state index contributed by atoms with van der Waals surface area (Å²) in [7, 11) is 1.27. The number of phenolic OH excluding ortho intramolecular Hbond substituents is 1. The van der Waals surface area contributed by atoms with E-state index in [0.29, 0.717) is 10.2 Å². The highest BCUT2D eigenvalue weighted by molar-refractivity contribution is 9.10. The number of carbonyl (C=O) groups is 1. The molecule has 0 aromatic heterocycles. The Bertz CT molecular complexity index is 1170. The highest BCUT2D eigenvalue weighted by atomic mass is 79.9. The number of hydrogen-bond donors (Lipinski definition) is 2. The summed E-state index contributed by atoms with van der Waals surface area (Å²) < 4.78 is 11.4. The van der Waals surface area contributed by atoms with Crippen LogP contribution in [0.2, 0.25) is 0 Å². The van der Waals surface area contributed by atoms with Gasteiger partial charge in [0.1, 0.15) is 12.4 Å². The van der Waals surface area contributed by atoms with Gasteiger partial charge in [-0.15, -0.1) is 0 Å². The molecule has 0 fully saturated rings. The fraction of sp³-hybridized carbons (Fsp3) is 0.0909. The van der Waals surface area contributed by atoms with E-state index in [4.69, 9.17) is 9.47 Å². The maximum atomic E-state index is 12.7. The fourth-order valence-electron chi connectivity index (χ4n) is 2.74. The molecule has 0 spiro atoms. The Labute approximate surface area is 191 Å². The van der Waals surface area contributed by atoms with E-state index < -0.39 is 10.8 Å². The second kappa shape index (κ2) is 10.4. The van der Waals surface area contributed by atoms with Crippen LogP contribution >= 0.6 is 15.9 Å². The Kier molecular flexibility index (Phi) is 7.40. The molecule has 0 saturated carbocycles. The van der Waals surface area contributed by atoms with Crippen molar-refractivity contribution in [2.75, 3.05) is 7.11 Å². The first-order valence-corrected chi connectivity index (χ1v) is 10.0. The molecule has 0 aliphatic heterocycles. The summed E-state index contributed by atoms with van der Waals surface area (Å²) >= 11 is 3.33. The average molecular weight is 500 g/mol. The number of nitrogens with zero attached hydrogens (tertiary/aromatic N) is 2. The Morgan fingerprint density at radius 2 is 1.94 bits per heavy atom. The monoisotopic (exact) mass is 499 g/mol. The predicted molar refractivity (Wildman–Crippen MR) is 121 cm³/mol. The van der Waals surface area contributed by atoms with E-state index in [1.54, 1.807) is 18.2 Å². The molecule has 3 aromatic carbocycles. The van der Waals surface area contributed by atoms with Crippen LogP contribution in [0.15, 0.2) is 70.2 Å². The first-order chi connectivity index (χ1) is 15.4. The van der Waals surface area contributed by atoms with Gasteiger partial charge >= 0.3 is 0 Å². The predicted octanol–water partition coefficient (Wildman–Crippen LogP) is 4.41. The smallest absolute Gasteiger partial charge is 0.275 e. The van der Waals surface area contributed by atoms with Gasteiger partial charge in [0.25, 0.3) is 11.6 Å². The van der Waals surface area contributed by atoms with E-state index in [9.17, 15) is 20.0 Å². The van der Waals surface area contributed by atoms with Crippen molar-refractivity contribution in [2.45, 2.75) is 6.61 Å². The lowest BCUT2D eigenvalue weighted by molar-refractivity contribution is -0.385. The SMILES string of the molecule is COc1cc([N+](=O)[O-])cc(/C=N/NC(=O)c2cc(Br)ccc2OCc2ccccc2)c1O. The number of phenols is 1. The van der Waals surface area contributed by atoms with Crippen molar-refractivity contribution in [1.29, 1.82) is 0 Å². The van der Waals surface area contributed by atoms with E-state index in [1.807, 2.05) is 30.3 Å². The number of aromatic hydroxyl groups is 1. The number of non-ortho nitro benzene ring substituents is 1. The Balaban J connectivity index is 1.78. The normalized spacial score (nSPS) is 10.7. The molecule has 2 N–H and O–H groups in total. The van der Waals surface area contributed by atoms with Crippen molar-refractivity contribution in [3.05, 3.63) is 91.9 Å². The number of rotatable bonds is 8. The summed E-state index contributed by atoms with van der Waals surface area (Å²) in [6.07, 6.45) is 1.09. The van der Waals surface area contributed by atoms with Gasteiger partial charge in [-0.05, 0) is 23.8 Å². The van der Waals surface area contributed by atoms with Crippen molar-refractivity contribution >= 4 is 33.7 Å². The number of methoxy groups -OCH3 is 1. The number of carbonyl (C=O) groups excluding carboxylic acids is 1. The first-order valence-electron chi connectivity index (χ1n) is 9.24. The summed E-state index contributed by atoms with van der Waals surface area (Å²) in [4.78, 5) is 23.1. The topological polar surface area (TPSA) is 123 Å². The minimum atomic E-state index is -0.629. The summed E-state index contributed by atoms with van der Waals surface area (Å²) in [6, 6.07) is 16.7. The molecule has 3 aromatic rings. The van der Waals surface area contributed by atoms with Gasteiger partial charge in [0, 0.05) is 16.1 Å². The summed E-state index contributed by atoms with van der Waals surface area (Å²) in [5, 5.41) is 25.0. The van der Waals surface area contributed by atoms with Crippen LogP contribution in [-0.4, -0.2) is 29.3 Å². The van der Waals surface area contributed by atoms with Crippen LogP contribution in [0, 0.1) is 10.1 Å². The first kappa shape index (κ1) is 22.8. The molecule has 32 heavy (non-hydrogen) atoms. The van der Waals surface area contributed by atoms with Crippen LogP contribution in [0.4, 0.5) is 5.69 Å². The number of hydrogen-bond acceptors (Lipinski definition) is 7. The van der Waals surface area contributed by atoms with Gasteiger partial charge in [-0.2, -0.15) is 5.10 Å². The zero-order valence-electron chi connectivity index (χ0n) is 16.8. The average Bonchev–Trinajstić information content (AvgIpc) is 2.79. The van der Waals surface area contributed by atoms with Gasteiger partial charge < -0.3 is 14.6 Å². The molecule has 0 atom stereocenters. The molecule has 0 heterocycles. The molecule has 0 bridgehead atoms. The number of nitro groups is 1. The van der Waals surface area contributed by atoms with Gasteiger partial charge in [0.05, 0.1) is 29.9 Å². The quantitative estimate of drug-likeness (QED) is 0.268. The van der Waals surface area contributed by atoms with E-state index in [1.165, 1.54) is 7.11 Å². The second-order valence-corrected chi connectivity index (χ2v) is 7.37. The number of halogens is 1. The van der Waals surface area contributed by atoms with E-state index in [2.05, 4.69) is 26.5 Å². The maximum Gasteiger partial charge on any atom is 0.275 e. The molecular weight excluding hydrogens is 482 g/mol. The number of nitrogens with one attached hydrogen (secondary N) is 1. The molecule has 0 saturated heterocycles. The number of amides is 1. The van der Waals surface area contributed by atoms with Crippen molar-refractivity contribution < 1.29 is 24.3 Å². The van der Waals surface area contributed by atoms with E-state index in [0.717, 1.165) is 23.9 Å². The van der Waals surface area contributed by atoms with Crippen LogP contribution < -0.4 is 14.9 Å². The van der Waals surface area contributed by atoms with Crippen molar-refractivity contribution in [3.8, 4) is 17.2 Å². The maximum absolute atomic E-state index is 12.7.